The summed E-state index contributed by atoms with van der Waals surface area (Å²) in [6.07, 6.45) is 1.54. The molecule has 0 aliphatic heterocycles. The Morgan fingerprint density at radius 2 is 1.96 bits per heavy atom. The van der Waals surface area contributed by atoms with Crippen LogP contribution in [0, 0.1) is 18.3 Å². The van der Waals surface area contributed by atoms with E-state index in [1.807, 2.05) is 19.1 Å². The second-order valence-electron chi connectivity index (χ2n) is 4.86. The standard InChI is InChI=1S/C18H15ClN2O2/c1-12-9-13(3-8-17(12)23-2)10-14(11-20)18(22)21-16-6-4-15(19)5-7-16/h3-10H,1-2H3,(H,21,22)/b14-10-. The molecule has 0 aliphatic carbocycles. The molecular weight excluding hydrogens is 312 g/mol. The van der Waals surface area contributed by atoms with Crippen LogP contribution in [-0.4, -0.2) is 13.0 Å². The van der Waals surface area contributed by atoms with E-state index in [2.05, 4.69) is 5.32 Å². The first-order valence-corrected chi connectivity index (χ1v) is 7.24. The molecule has 0 fully saturated rings. The average Bonchev–Trinajstić information content (AvgIpc) is 2.54. The van der Waals surface area contributed by atoms with Crippen LogP contribution < -0.4 is 10.1 Å². The van der Waals surface area contributed by atoms with Gasteiger partial charge in [-0.2, -0.15) is 5.26 Å². The van der Waals surface area contributed by atoms with Crippen molar-refractivity contribution in [2.75, 3.05) is 12.4 Å². The topological polar surface area (TPSA) is 62.1 Å². The number of rotatable bonds is 4. The van der Waals surface area contributed by atoms with E-state index in [0.717, 1.165) is 16.9 Å². The molecular formula is C18H15ClN2O2. The Labute approximate surface area is 140 Å². The van der Waals surface area contributed by atoms with Gasteiger partial charge in [-0.25, -0.2) is 0 Å². The highest BCUT2D eigenvalue weighted by Gasteiger charge is 2.10. The smallest absolute Gasteiger partial charge is 0.266 e. The Balaban J connectivity index is 2.21. The third-order valence-electron chi connectivity index (χ3n) is 3.20. The predicted molar refractivity (Wildman–Crippen MR) is 91.4 cm³/mol. The maximum absolute atomic E-state index is 12.2. The Kier molecular flexibility index (Phi) is 5.40. The summed E-state index contributed by atoms with van der Waals surface area (Å²) in [4.78, 5) is 12.2. The molecule has 0 heterocycles. The molecule has 2 aromatic carbocycles. The van der Waals surface area contributed by atoms with Gasteiger partial charge < -0.3 is 10.1 Å². The number of aryl methyl sites for hydroxylation is 1. The fraction of sp³-hybridized carbons (Fsp3) is 0.111. The molecule has 116 valence electrons. The summed E-state index contributed by atoms with van der Waals surface area (Å²) >= 11 is 5.80. The van der Waals surface area contributed by atoms with Crippen LogP contribution in [0.5, 0.6) is 5.75 Å². The van der Waals surface area contributed by atoms with Crippen molar-refractivity contribution in [3.05, 3.63) is 64.2 Å². The van der Waals surface area contributed by atoms with Gasteiger partial charge in [-0.15, -0.1) is 0 Å². The van der Waals surface area contributed by atoms with Gasteiger partial charge in [0.15, 0.2) is 0 Å². The molecule has 1 N–H and O–H groups in total. The third-order valence-corrected chi connectivity index (χ3v) is 3.45. The van der Waals surface area contributed by atoms with Gasteiger partial charge in [0.05, 0.1) is 7.11 Å². The molecule has 0 unspecified atom stereocenters. The highest BCUT2D eigenvalue weighted by atomic mass is 35.5. The molecule has 0 radical (unpaired) electrons. The quantitative estimate of drug-likeness (QED) is 0.676. The second-order valence-corrected chi connectivity index (χ2v) is 5.30. The summed E-state index contributed by atoms with van der Waals surface area (Å²) in [5, 5.41) is 12.5. The van der Waals surface area contributed by atoms with Crippen molar-refractivity contribution in [3.8, 4) is 11.8 Å². The number of carbonyl (C=O) groups is 1. The van der Waals surface area contributed by atoms with Crippen LogP contribution in [-0.2, 0) is 4.79 Å². The SMILES string of the molecule is COc1ccc(/C=C(/C#N)C(=O)Nc2ccc(Cl)cc2)cc1C. The summed E-state index contributed by atoms with van der Waals surface area (Å²) < 4.78 is 5.19. The first kappa shape index (κ1) is 16.6. The van der Waals surface area contributed by atoms with Gasteiger partial charge in [-0.1, -0.05) is 17.7 Å². The number of nitriles is 1. The molecule has 0 spiro atoms. The van der Waals surface area contributed by atoms with Crippen molar-refractivity contribution in [2.45, 2.75) is 6.92 Å². The van der Waals surface area contributed by atoms with Gasteiger partial charge in [0, 0.05) is 10.7 Å². The Morgan fingerprint density at radius 1 is 1.26 bits per heavy atom. The van der Waals surface area contributed by atoms with Gasteiger partial charge in [0.2, 0.25) is 0 Å². The van der Waals surface area contributed by atoms with Crippen molar-refractivity contribution in [1.29, 1.82) is 5.26 Å². The van der Waals surface area contributed by atoms with Crippen LogP contribution in [0.1, 0.15) is 11.1 Å². The minimum Gasteiger partial charge on any atom is -0.496 e. The Morgan fingerprint density at radius 3 is 2.52 bits per heavy atom. The lowest BCUT2D eigenvalue weighted by molar-refractivity contribution is -0.112. The summed E-state index contributed by atoms with van der Waals surface area (Å²) in [5.41, 5.74) is 2.28. The Bertz CT molecular complexity index is 790. The number of anilines is 1. The number of carbonyl (C=O) groups excluding carboxylic acids is 1. The van der Waals surface area contributed by atoms with E-state index in [-0.39, 0.29) is 5.57 Å². The number of halogens is 1. The fourth-order valence-electron chi connectivity index (χ4n) is 2.04. The van der Waals surface area contributed by atoms with Crippen LogP contribution in [0.15, 0.2) is 48.0 Å². The molecule has 2 rings (SSSR count). The Hall–Kier alpha value is -2.77. The number of benzene rings is 2. The van der Waals surface area contributed by atoms with Crippen LogP contribution in [0.3, 0.4) is 0 Å². The number of hydrogen-bond donors (Lipinski definition) is 1. The lowest BCUT2D eigenvalue weighted by atomic mass is 10.1. The number of hydrogen-bond acceptors (Lipinski definition) is 3. The van der Waals surface area contributed by atoms with Crippen LogP contribution in [0.4, 0.5) is 5.69 Å². The highest BCUT2D eigenvalue weighted by Crippen LogP contribution is 2.20. The summed E-state index contributed by atoms with van der Waals surface area (Å²) in [5.74, 6) is 0.287. The van der Waals surface area contributed by atoms with Crippen molar-refractivity contribution in [2.24, 2.45) is 0 Å². The molecule has 0 aromatic heterocycles. The molecule has 4 nitrogen and oxygen atoms in total. The highest BCUT2D eigenvalue weighted by molar-refractivity contribution is 6.30. The van der Waals surface area contributed by atoms with Gasteiger partial charge in [0.1, 0.15) is 17.4 Å². The maximum atomic E-state index is 12.2. The number of amides is 1. The molecule has 23 heavy (non-hydrogen) atoms. The van der Waals surface area contributed by atoms with E-state index in [0.29, 0.717) is 10.7 Å². The largest absolute Gasteiger partial charge is 0.496 e. The average molecular weight is 327 g/mol. The van der Waals surface area contributed by atoms with Gasteiger partial charge >= 0.3 is 0 Å². The minimum absolute atomic E-state index is 0.0181. The van der Waals surface area contributed by atoms with Gasteiger partial charge in [-0.05, 0) is 60.5 Å². The van der Waals surface area contributed by atoms with E-state index in [1.54, 1.807) is 43.5 Å². The molecule has 0 atom stereocenters. The fourth-order valence-corrected chi connectivity index (χ4v) is 2.16. The minimum atomic E-state index is -0.469. The second kappa shape index (κ2) is 7.48. The van der Waals surface area contributed by atoms with Crippen molar-refractivity contribution >= 4 is 29.3 Å². The van der Waals surface area contributed by atoms with Crippen LogP contribution in [0.25, 0.3) is 6.08 Å². The third kappa shape index (κ3) is 4.35. The van der Waals surface area contributed by atoms with Crippen molar-refractivity contribution < 1.29 is 9.53 Å². The van der Waals surface area contributed by atoms with Crippen LogP contribution >= 0.6 is 11.6 Å². The number of ether oxygens (including phenoxy) is 1. The maximum Gasteiger partial charge on any atom is 0.266 e. The molecule has 5 heteroatoms. The number of nitrogens with zero attached hydrogens (tertiary/aromatic N) is 1. The lowest BCUT2D eigenvalue weighted by Gasteiger charge is -2.06. The van der Waals surface area contributed by atoms with Gasteiger partial charge in [-0.3, -0.25) is 4.79 Å². The van der Waals surface area contributed by atoms with Crippen molar-refractivity contribution in [3.63, 3.8) is 0 Å². The lowest BCUT2D eigenvalue weighted by Crippen LogP contribution is -2.13. The van der Waals surface area contributed by atoms with E-state index in [9.17, 15) is 10.1 Å². The first-order valence-electron chi connectivity index (χ1n) is 6.87. The summed E-state index contributed by atoms with van der Waals surface area (Å²) in [6, 6.07) is 14.0. The predicted octanol–water partition coefficient (Wildman–Crippen LogP) is 4.20. The van der Waals surface area contributed by atoms with Crippen molar-refractivity contribution in [1.82, 2.24) is 0 Å². The summed E-state index contributed by atoms with van der Waals surface area (Å²) in [6.45, 7) is 1.90. The molecule has 0 aliphatic rings. The van der Waals surface area contributed by atoms with E-state index < -0.39 is 5.91 Å². The number of nitrogens with one attached hydrogen (secondary N) is 1. The van der Waals surface area contributed by atoms with E-state index in [1.165, 1.54) is 6.08 Å². The normalized spacial score (nSPS) is 10.8. The number of methoxy groups -OCH3 is 1. The summed E-state index contributed by atoms with van der Waals surface area (Å²) in [7, 11) is 1.60. The first-order chi connectivity index (χ1) is 11.0. The van der Waals surface area contributed by atoms with E-state index >= 15 is 0 Å². The van der Waals surface area contributed by atoms with E-state index in [4.69, 9.17) is 16.3 Å². The monoisotopic (exact) mass is 326 g/mol. The van der Waals surface area contributed by atoms with Crippen LogP contribution in [0.2, 0.25) is 5.02 Å². The van der Waals surface area contributed by atoms with Gasteiger partial charge in [0.25, 0.3) is 5.91 Å². The zero-order chi connectivity index (χ0) is 16.8. The molecule has 0 saturated heterocycles. The zero-order valence-corrected chi connectivity index (χ0v) is 13.5. The molecule has 2 aromatic rings. The molecule has 0 bridgehead atoms. The molecule has 1 amide bonds. The molecule has 0 saturated carbocycles. The zero-order valence-electron chi connectivity index (χ0n) is 12.8.